The minimum Gasteiger partial charge on any atom is -0.337 e. The summed E-state index contributed by atoms with van der Waals surface area (Å²) in [6.07, 6.45) is 1.65. The molecule has 0 radical (unpaired) electrons. The molecule has 0 bridgehead atoms. The Morgan fingerprint density at radius 2 is 1.96 bits per heavy atom. The molecule has 0 aliphatic heterocycles. The summed E-state index contributed by atoms with van der Waals surface area (Å²) in [6, 6.07) is 10.1. The van der Waals surface area contributed by atoms with Crippen LogP contribution in [0.4, 0.5) is 4.39 Å². The molecule has 138 valence electrons. The number of nitrogens with one attached hydrogen (secondary N) is 1. The zero-order valence-electron chi connectivity index (χ0n) is 14.1. The van der Waals surface area contributed by atoms with Gasteiger partial charge in [-0.15, -0.1) is 0 Å². The van der Waals surface area contributed by atoms with Crippen LogP contribution in [0.3, 0.4) is 0 Å². The molecular weight excluding hydrogens is 379 g/mol. The first-order valence-corrected chi connectivity index (χ1v) is 9.95. The van der Waals surface area contributed by atoms with Crippen LogP contribution in [0.15, 0.2) is 47.4 Å². The molecule has 1 saturated carbocycles. The summed E-state index contributed by atoms with van der Waals surface area (Å²) in [5.41, 5.74) is 0.419. The standard InChI is InChI=1S/C18H18ClFN2O3S/c1-22(11-15-16(19)6-3-7-17(15)20)18(23)12-4-2-5-14(10-12)26(24,25)21-13-8-9-13/h2-7,10,13,21H,8-9,11H2,1H3. The van der Waals surface area contributed by atoms with Crippen molar-refractivity contribution in [1.82, 2.24) is 9.62 Å². The van der Waals surface area contributed by atoms with Crippen molar-refractivity contribution >= 4 is 27.5 Å². The molecule has 1 fully saturated rings. The van der Waals surface area contributed by atoms with Gasteiger partial charge in [-0.25, -0.2) is 17.5 Å². The van der Waals surface area contributed by atoms with Crippen LogP contribution in [0.25, 0.3) is 0 Å². The molecule has 0 unspecified atom stereocenters. The van der Waals surface area contributed by atoms with Gasteiger partial charge in [-0.2, -0.15) is 0 Å². The lowest BCUT2D eigenvalue weighted by atomic mass is 10.1. The van der Waals surface area contributed by atoms with Gasteiger partial charge in [-0.05, 0) is 43.2 Å². The van der Waals surface area contributed by atoms with Crippen LogP contribution in [0, 0.1) is 5.82 Å². The first kappa shape index (κ1) is 18.8. The zero-order valence-corrected chi connectivity index (χ0v) is 15.6. The molecule has 0 spiro atoms. The fourth-order valence-corrected chi connectivity index (χ4v) is 4.07. The summed E-state index contributed by atoms with van der Waals surface area (Å²) >= 11 is 6.00. The summed E-state index contributed by atoms with van der Waals surface area (Å²) in [7, 11) is -2.14. The topological polar surface area (TPSA) is 66.5 Å². The Balaban J connectivity index is 1.80. The highest BCUT2D eigenvalue weighted by molar-refractivity contribution is 7.89. The van der Waals surface area contributed by atoms with E-state index in [1.54, 1.807) is 6.07 Å². The molecule has 1 aliphatic rings. The van der Waals surface area contributed by atoms with E-state index in [1.165, 1.54) is 48.3 Å². The second-order valence-corrected chi connectivity index (χ2v) is 8.41. The van der Waals surface area contributed by atoms with Crippen molar-refractivity contribution in [3.05, 3.63) is 64.4 Å². The van der Waals surface area contributed by atoms with E-state index in [1.807, 2.05) is 0 Å². The smallest absolute Gasteiger partial charge is 0.253 e. The third kappa shape index (κ3) is 4.23. The highest BCUT2D eigenvalue weighted by Gasteiger charge is 2.28. The Kier molecular flexibility index (Phi) is 5.32. The van der Waals surface area contributed by atoms with Gasteiger partial charge < -0.3 is 4.90 Å². The van der Waals surface area contributed by atoms with Crippen molar-refractivity contribution in [3.63, 3.8) is 0 Å². The Morgan fingerprint density at radius 3 is 2.62 bits per heavy atom. The lowest BCUT2D eigenvalue weighted by molar-refractivity contribution is 0.0783. The van der Waals surface area contributed by atoms with E-state index >= 15 is 0 Å². The fraction of sp³-hybridized carbons (Fsp3) is 0.278. The lowest BCUT2D eigenvalue weighted by Crippen LogP contribution is -2.28. The van der Waals surface area contributed by atoms with E-state index < -0.39 is 21.7 Å². The normalized spacial score (nSPS) is 14.3. The van der Waals surface area contributed by atoms with Crippen molar-refractivity contribution in [2.75, 3.05) is 7.05 Å². The number of hydrogen-bond donors (Lipinski definition) is 1. The van der Waals surface area contributed by atoms with E-state index in [-0.39, 0.29) is 33.6 Å². The average molecular weight is 397 g/mol. The van der Waals surface area contributed by atoms with Gasteiger partial charge >= 0.3 is 0 Å². The number of carbonyl (C=O) groups is 1. The largest absolute Gasteiger partial charge is 0.337 e. The number of halogens is 2. The summed E-state index contributed by atoms with van der Waals surface area (Å²) in [5, 5.41) is 0.231. The first-order valence-electron chi connectivity index (χ1n) is 8.08. The molecule has 0 aromatic heterocycles. The number of sulfonamides is 1. The Labute approximate surface area is 156 Å². The van der Waals surface area contributed by atoms with Crippen molar-refractivity contribution < 1.29 is 17.6 Å². The Bertz CT molecular complexity index is 925. The monoisotopic (exact) mass is 396 g/mol. The van der Waals surface area contributed by atoms with Gasteiger partial charge in [-0.3, -0.25) is 4.79 Å². The number of hydrogen-bond acceptors (Lipinski definition) is 3. The number of benzene rings is 2. The SMILES string of the molecule is CN(Cc1c(F)cccc1Cl)C(=O)c1cccc(S(=O)(=O)NC2CC2)c1. The van der Waals surface area contributed by atoms with E-state index in [0.29, 0.717) is 0 Å². The van der Waals surface area contributed by atoms with Crippen LogP contribution in [0.1, 0.15) is 28.8 Å². The van der Waals surface area contributed by atoms with E-state index in [2.05, 4.69) is 4.72 Å². The Hall–Kier alpha value is -1.96. The molecule has 1 aliphatic carbocycles. The first-order chi connectivity index (χ1) is 12.3. The maximum atomic E-state index is 13.9. The summed E-state index contributed by atoms with van der Waals surface area (Å²) in [6.45, 7) is -0.0261. The van der Waals surface area contributed by atoms with Crippen LogP contribution in [0.2, 0.25) is 5.02 Å². The number of nitrogens with zero attached hydrogens (tertiary/aromatic N) is 1. The third-order valence-corrected chi connectivity index (χ3v) is 5.97. The Morgan fingerprint density at radius 1 is 1.27 bits per heavy atom. The molecular formula is C18H18ClFN2O3S. The number of rotatable bonds is 6. The molecule has 1 amide bonds. The van der Waals surface area contributed by atoms with Crippen LogP contribution in [-0.4, -0.2) is 32.3 Å². The summed E-state index contributed by atoms with van der Waals surface area (Å²) < 4.78 is 41.1. The minimum absolute atomic E-state index is 0.0229. The molecule has 2 aromatic rings. The van der Waals surface area contributed by atoms with Crippen LogP contribution >= 0.6 is 11.6 Å². The number of amides is 1. The second kappa shape index (κ2) is 7.34. The van der Waals surface area contributed by atoms with Gasteiger partial charge in [0.05, 0.1) is 4.90 Å². The molecule has 0 atom stereocenters. The molecule has 3 rings (SSSR count). The second-order valence-electron chi connectivity index (χ2n) is 6.28. The van der Waals surface area contributed by atoms with E-state index in [0.717, 1.165) is 12.8 Å². The van der Waals surface area contributed by atoms with Crippen molar-refractivity contribution in [1.29, 1.82) is 0 Å². The molecule has 2 aromatic carbocycles. The quantitative estimate of drug-likeness (QED) is 0.815. The predicted molar refractivity (Wildman–Crippen MR) is 97.0 cm³/mol. The lowest BCUT2D eigenvalue weighted by Gasteiger charge is -2.19. The summed E-state index contributed by atoms with van der Waals surface area (Å²) in [4.78, 5) is 14.0. The van der Waals surface area contributed by atoms with Crippen molar-refractivity contribution in [3.8, 4) is 0 Å². The van der Waals surface area contributed by atoms with E-state index in [9.17, 15) is 17.6 Å². The number of carbonyl (C=O) groups excluding carboxylic acids is 1. The highest BCUT2D eigenvalue weighted by Crippen LogP contribution is 2.24. The maximum absolute atomic E-state index is 13.9. The minimum atomic E-state index is -3.65. The van der Waals surface area contributed by atoms with E-state index in [4.69, 9.17) is 11.6 Å². The van der Waals surface area contributed by atoms with Gasteiger partial charge in [0.1, 0.15) is 5.82 Å². The third-order valence-electron chi connectivity index (χ3n) is 4.09. The average Bonchev–Trinajstić information content (AvgIpc) is 3.41. The molecule has 5 nitrogen and oxygen atoms in total. The highest BCUT2D eigenvalue weighted by atomic mass is 35.5. The molecule has 26 heavy (non-hydrogen) atoms. The van der Waals surface area contributed by atoms with Gasteiger partial charge in [0, 0.05) is 35.8 Å². The maximum Gasteiger partial charge on any atom is 0.253 e. The van der Waals surface area contributed by atoms with Gasteiger partial charge in [0.15, 0.2) is 0 Å². The molecule has 0 saturated heterocycles. The van der Waals surface area contributed by atoms with Crippen LogP contribution in [-0.2, 0) is 16.6 Å². The van der Waals surface area contributed by atoms with Gasteiger partial charge in [0.2, 0.25) is 10.0 Å². The summed E-state index contributed by atoms with van der Waals surface area (Å²) in [5.74, 6) is -0.921. The van der Waals surface area contributed by atoms with Gasteiger partial charge in [0.25, 0.3) is 5.91 Å². The van der Waals surface area contributed by atoms with Gasteiger partial charge in [-0.1, -0.05) is 23.7 Å². The molecule has 1 N–H and O–H groups in total. The molecule has 0 heterocycles. The predicted octanol–water partition coefficient (Wildman–Crippen LogP) is 3.19. The zero-order chi connectivity index (χ0) is 18.9. The van der Waals surface area contributed by atoms with Crippen molar-refractivity contribution in [2.24, 2.45) is 0 Å². The van der Waals surface area contributed by atoms with Crippen molar-refractivity contribution in [2.45, 2.75) is 30.3 Å². The fourth-order valence-electron chi connectivity index (χ4n) is 2.50. The van der Waals surface area contributed by atoms with Crippen LogP contribution in [0.5, 0.6) is 0 Å². The molecule has 8 heteroatoms. The van der Waals surface area contributed by atoms with Crippen LogP contribution < -0.4 is 4.72 Å².